The molecule has 97 heavy (non-hydrogen) atoms. The van der Waals surface area contributed by atoms with Crippen molar-refractivity contribution in [3.8, 4) is 11.1 Å². The Morgan fingerprint density at radius 3 is 1.38 bits per heavy atom. The van der Waals surface area contributed by atoms with Crippen LogP contribution in [0.4, 0.5) is 21.0 Å². The standard InChI is InChI=1S/C34H44N4O5.C27H37BrN4O4.C13H19BO3.CH4/c1-8-38(27-13-14-37(19-27)33(42)43-34(5,6)7)30-17-26(25-11-9-24(20-39)10-12-25)16-28(23(30)4)31(40)35-18-29-21(2)15-22(3)36-32(29)41;1-8-32(20-9-10-31(15-20)26(35)36-27(5,6)7)23-13-19(28)12-21(18(23)4)24(33)29-14-22-16(2)11-17(3)30-25(22)34;1-12(2)13(3,4)17-14(16-12)11-7-5-10(9-15)6-8-11;/h9-12,15-17,27,39H,8,13-14,18-20H2,1-7H3,(H,35,40)(H,36,41);11-13,20H,8-10,14-15H2,1-7H3,(H,29,33)(H,30,34);5-8,15H,9H2,1-4H3;1H4. The smallest absolute Gasteiger partial charge is 0.444 e. The first kappa shape index (κ1) is 78.2. The molecule has 3 aliphatic heterocycles. The predicted molar refractivity (Wildman–Crippen MR) is 390 cm³/mol. The molecule has 2 atom stereocenters. The average molecular weight is 1400 g/mol. The highest BCUT2D eigenvalue weighted by molar-refractivity contribution is 9.10. The maximum atomic E-state index is 13.7. The zero-order valence-electron chi connectivity index (χ0n) is 59.4. The Morgan fingerprint density at radius 1 is 0.608 bits per heavy atom. The Hall–Kier alpha value is -7.76. The summed E-state index contributed by atoms with van der Waals surface area (Å²) in [6.45, 7) is 38.7. The molecule has 0 spiro atoms. The molecule has 4 amide bonds. The minimum atomic E-state index is -0.569. The van der Waals surface area contributed by atoms with Crippen LogP contribution in [0.2, 0.25) is 0 Å². The molecule has 0 radical (unpaired) electrons. The number of likely N-dealkylation sites (N-methyl/N-ethyl adjacent to an activating group) is 2. The fraction of sp³-hybridized carbons (Fsp3) is 0.493. The van der Waals surface area contributed by atoms with Crippen molar-refractivity contribution in [2.45, 2.75) is 206 Å². The van der Waals surface area contributed by atoms with Crippen LogP contribution in [0.15, 0.2) is 99.0 Å². The molecule has 20 nitrogen and oxygen atoms in total. The Balaban J connectivity index is 0.000000248. The van der Waals surface area contributed by atoms with Gasteiger partial charge in [-0.15, -0.1) is 0 Å². The van der Waals surface area contributed by atoms with E-state index in [1.165, 1.54) is 0 Å². The number of hydrogen-bond donors (Lipinski definition) is 6. The van der Waals surface area contributed by atoms with Crippen molar-refractivity contribution in [1.29, 1.82) is 0 Å². The van der Waals surface area contributed by atoms with Crippen LogP contribution in [0, 0.1) is 41.5 Å². The van der Waals surface area contributed by atoms with Gasteiger partial charge < -0.3 is 69.2 Å². The highest BCUT2D eigenvalue weighted by Crippen LogP contribution is 2.38. The summed E-state index contributed by atoms with van der Waals surface area (Å²) >= 11 is 3.57. The number of carbonyl (C=O) groups excluding carboxylic acids is 4. The van der Waals surface area contributed by atoms with Crippen LogP contribution in [0.3, 0.4) is 0 Å². The number of amides is 4. The summed E-state index contributed by atoms with van der Waals surface area (Å²) in [7, 11) is -0.326. The monoisotopic (exact) mass is 1400 g/mol. The molecule has 5 heterocycles. The highest BCUT2D eigenvalue weighted by atomic mass is 79.9. The second kappa shape index (κ2) is 32.7. The summed E-state index contributed by atoms with van der Waals surface area (Å²) in [5.41, 5.74) is 11.2. The normalized spacial score (nSPS) is 16.3. The van der Waals surface area contributed by atoms with Crippen LogP contribution in [-0.4, -0.2) is 135 Å². The van der Waals surface area contributed by atoms with Gasteiger partial charge in [0.25, 0.3) is 22.9 Å². The van der Waals surface area contributed by atoms with Crippen molar-refractivity contribution in [2.75, 3.05) is 49.1 Å². The van der Waals surface area contributed by atoms with E-state index in [0.29, 0.717) is 55.0 Å². The lowest BCUT2D eigenvalue weighted by Crippen LogP contribution is -2.41. The Labute approximate surface area is 582 Å². The van der Waals surface area contributed by atoms with E-state index >= 15 is 0 Å². The molecule has 2 aromatic heterocycles. The van der Waals surface area contributed by atoms with E-state index in [1.54, 1.807) is 15.9 Å². The lowest BCUT2D eigenvalue weighted by molar-refractivity contribution is 0.00578. The minimum Gasteiger partial charge on any atom is -0.444 e. The number of H-pyrrole nitrogens is 2. The molecule has 0 saturated carbocycles. The SMILES string of the molecule is C.CC1(C)OB(c2ccc(CO)cc2)OC1(C)C.CCN(c1cc(-c2ccc(CO)cc2)cc(C(=O)NCc2c(C)cc(C)[nH]c2=O)c1C)C1CCN(C(=O)OC(C)(C)C)C1.CCN(c1cc(Br)cc(C(=O)NCc2c(C)cc(C)[nH]c2=O)c1C)C1CCN(C(=O)OC(C)(C)C)C1. The second-order valence-corrected chi connectivity index (χ2v) is 29.1. The molecule has 6 N–H and O–H groups in total. The lowest BCUT2D eigenvalue weighted by Gasteiger charge is -2.33. The molecule has 0 aliphatic carbocycles. The summed E-state index contributed by atoms with van der Waals surface area (Å²) < 4.78 is 23.8. The molecule has 2 unspecified atom stereocenters. The van der Waals surface area contributed by atoms with E-state index < -0.39 is 11.2 Å². The number of ether oxygens (including phenoxy) is 2. The van der Waals surface area contributed by atoms with E-state index in [0.717, 1.165) is 96.6 Å². The van der Waals surface area contributed by atoms with Crippen molar-refractivity contribution in [3.63, 3.8) is 0 Å². The molecule has 3 saturated heterocycles. The number of aromatic amines is 2. The van der Waals surface area contributed by atoms with Crippen molar-refractivity contribution >= 4 is 63.9 Å². The Kier molecular flexibility index (Phi) is 26.4. The number of nitrogens with zero attached hydrogens (tertiary/aromatic N) is 4. The largest absolute Gasteiger partial charge is 0.494 e. The van der Waals surface area contributed by atoms with Gasteiger partial charge in [0.15, 0.2) is 0 Å². The fourth-order valence-electron chi connectivity index (χ4n) is 12.1. The number of aliphatic hydroxyl groups is 2. The third-order valence-electron chi connectivity index (χ3n) is 18.0. The third-order valence-corrected chi connectivity index (χ3v) is 18.5. The summed E-state index contributed by atoms with van der Waals surface area (Å²) in [5, 5.41) is 24.4. The van der Waals surface area contributed by atoms with Crippen LogP contribution in [0.1, 0.15) is 180 Å². The molecular formula is C75H104BBrN8O12. The molecule has 4 aromatic carbocycles. The number of benzene rings is 4. The summed E-state index contributed by atoms with van der Waals surface area (Å²) in [4.78, 5) is 90.9. The van der Waals surface area contributed by atoms with Gasteiger partial charge in [0, 0.05) is 114 Å². The number of nitrogens with one attached hydrogen (secondary N) is 4. The van der Waals surface area contributed by atoms with E-state index in [4.69, 9.17) is 23.9 Å². The van der Waals surface area contributed by atoms with Crippen molar-refractivity contribution < 1.29 is 48.2 Å². The van der Waals surface area contributed by atoms with Crippen molar-refractivity contribution in [3.05, 3.63) is 177 Å². The van der Waals surface area contributed by atoms with E-state index in [1.807, 2.05) is 184 Å². The van der Waals surface area contributed by atoms with Crippen molar-refractivity contribution in [1.82, 2.24) is 30.4 Å². The first-order valence-electron chi connectivity index (χ1n) is 33.1. The molecule has 0 bridgehead atoms. The lowest BCUT2D eigenvalue weighted by atomic mass is 9.79. The van der Waals surface area contributed by atoms with Gasteiger partial charge in [-0.1, -0.05) is 71.9 Å². The first-order chi connectivity index (χ1) is 45.0. The van der Waals surface area contributed by atoms with Gasteiger partial charge in [-0.25, -0.2) is 9.59 Å². The predicted octanol–water partition coefficient (Wildman–Crippen LogP) is 12.2. The van der Waals surface area contributed by atoms with Gasteiger partial charge in [0.2, 0.25) is 0 Å². The molecular weight excluding hydrogens is 1300 g/mol. The number of carbonyl (C=O) groups is 4. The number of hydrogen-bond acceptors (Lipinski definition) is 14. The maximum absolute atomic E-state index is 13.7. The van der Waals surface area contributed by atoms with E-state index in [9.17, 15) is 33.9 Å². The van der Waals surface area contributed by atoms with Gasteiger partial charge in [-0.2, -0.15) is 0 Å². The number of aryl methyl sites for hydroxylation is 4. The topological polar surface area (TPSA) is 248 Å². The zero-order chi connectivity index (χ0) is 70.9. The molecule has 6 aromatic rings. The number of halogens is 1. The zero-order valence-corrected chi connectivity index (χ0v) is 61.0. The van der Waals surface area contributed by atoms with Crippen LogP contribution < -0.4 is 37.0 Å². The summed E-state index contributed by atoms with van der Waals surface area (Å²) in [5.74, 6) is -0.517. The quantitative estimate of drug-likeness (QED) is 0.0494. The Morgan fingerprint density at radius 2 is 1.00 bits per heavy atom. The van der Waals surface area contributed by atoms with Crippen molar-refractivity contribution in [2.24, 2.45) is 0 Å². The minimum absolute atomic E-state index is 0. The number of anilines is 2. The number of likely N-dealkylation sites (tertiary alicyclic amines) is 2. The molecule has 3 aliphatic rings. The highest BCUT2D eigenvalue weighted by Gasteiger charge is 2.51. The van der Waals surface area contributed by atoms with Crippen LogP contribution in [0.25, 0.3) is 11.1 Å². The van der Waals surface area contributed by atoms with Gasteiger partial charge in [-0.3, -0.25) is 19.2 Å². The van der Waals surface area contributed by atoms with Gasteiger partial charge in [-0.05, 0) is 224 Å². The molecule has 526 valence electrons. The van der Waals surface area contributed by atoms with Gasteiger partial charge in [0.1, 0.15) is 11.2 Å². The average Bonchev–Trinajstić information content (AvgIpc) is 1.77. The molecule has 3 fully saturated rings. The molecule has 9 rings (SSSR count). The maximum Gasteiger partial charge on any atom is 0.494 e. The number of aromatic nitrogens is 2. The number of rotatable bonds is 16. The second-order valence-electron chi connectivity index (χ2n) is 28.2. The van der Waals surface area contributed by atoms with Gasteiger partial charge >= 0.3 is 19.3 Å². The van der Waals surface area contributed by atoms with Crippen LogP contribution >= 0.6 is 15.9 Å². The fourth-order valence-corrected chi connectivity index (χ4v) is 12.6. The van der Waals surface area contributed by atoms with E-state index in [-0.39, 0.29) is 99.3 Å². The van der Waals surface area contributed by atoms with Gasteiger partial charge in [0.05, 0.1) is 24.4 Å². The summed E-state index contributed by atoms with van der Waals surface area (Å²) in [6, 6.07) is 27.0. The summed E-state index contributed by atoms with van der Waals surface area (Å²) in [6.07, 6.45) is 0.977. The van der Waals surface area contributed by atoms with Crippen LogP contribution in [0.5, 0.6) is 0 Å². The van der Waals surface area contributed by atoms with E-state index in [2.05, 4.69) is 66.2 Å². The first-order valence-corrected chi connectivity index (χ1v) is 33.9. The Bertz CT molecular complexity index is 3860. The third kappa shape index (κ3) is 20.0. The van der Waals surface area contributed by atoms with Crippen LogP contribution in [-0.2, 0) is 45.1 Å². The molecule has 22 heteroatoms. The number of aliphatic hydroxyl groups excluding tert-OH is 2. The number of pyridine rings is 2.